The van der Waals surface area contributed by atoms with Gasteiger partial charge in [0.25, 0.3) is 5.91 Å². The number of nitrogens with one attached hydrogen (secondary N) is 2. The maximum absolute atomic E-state index is 12.6. The summed E-state index contributed by atoms with van der Waals surface area (Å²) >= 11 is 1.58. The lowest BCUT2D eigenvalue weighted by atomic mass is 10.2. The number of carbonyl (C=O) groups excluding carboxylic acids is 1. The number of fused-ring (bicyclic) bond motifs is 1. The Morgan fingerprint density at radius 3 is 3.17 bits per heavy atom. The fourth-order valence-electron chi connectivity index (χ4n) is 3.28. The van der Waals surface area contributed by atoms with Crippen molar-refractivity contribution in [2.24, 2.45) is 5.73 Å². The Labute approximate surface area is 144 Å². The predicted molar refractivity (Wildman–Crippen MR) is 95.5 cm³/mol. The van der Waals surface area contributed by atoms with Crippen LogP contribution in [0.3, 0.4) is 0 Å². The number of nitrogens with two attached hydrogens (primary N) is 1. The Bertz CT molecular complexity index is 788. The highest BCUT2D eigenvalue weighted by molar-refractivity contribution is 8.04. The SMILES string of the molecule is N[C@@H]1CCC[C@H]1NC(=O)C1=CN(c2ncnc3[nH]ccc23)CCS1. The molecule has 1 aliphatic carbocycles. The molecule has 0 spiro atoms. The maximum Gasteiger partial charge on any atom is 0.259 e. The van der Waals surface area contributed by atoms with Gasteiger partial charge in [0.1, 0.15) is 17.8 Å². The highest BCUT2D eigenvalue weighted by atomic mass is 32.2. The van der Waals surface area contributed by atoms with Crippen LogP contribution >= 0.6 is 11.8 Å². The third-order valence-electron chi connectivity index (χ3n) is 4.58. The monoisotopic (exact) mass is 344 g/mol. The standard InChI is InChI=1S/C16H20N6OS/c17-11-2-1-3-12(11)21-16(23)13-8-22(6-7-24-13)15-10-4-5-18-14(10)19-9-20-15/h4-5,8-9,11-12H,1-3,6-7,17H2,(H,21,23)(H,18,19,20)/t11-,12-/m1/s1. The van der Waals surface area contributed by atoms with Crippen LogP contribution in [0.1, 0.15) is 19.3 Å². The first kappa shape index (κ1) is 15.5. The van der Waals surface area contributed by atoms with Crippen molar-refractivity contribution in [3.63, 3.8) is 0 Å². The highest BCUT2D eigenvalue weighted by Gasteiger charge is 2.28. The largest absolute Gasteiger partial charge is 0.347 e. The van der Waals surface area contributed by atoms with E-state index >= 15 is 0 Å². The number of amides is 1. The lowest BCUT2D eigenvalue weighted by molar-refractivity contribution is -0.117. The van der Waals surface area contributed by atoms with Crippen molar-refractivity contribution in [1.82, 2.24) is 20.3 Å². The summed E-state index contributed by atoms with van der Waals surface area (Å²) in [4.78, 5) is 27.0. The average molecular weight is 344 g/mol. The quantitative estimate of drug-likeness (QED) is 0.777. The van der Waals surface area contributed by atoms with Gasteiger partial charge in [0.05, 0.1) is 10.3 Å². The summed E-state index contributed by atoms with van der Waals surface area (Å²) in [6.07, 6.45) is 8.30. The van der Waals surface area contributed by atoms with Gasteiger partial charge in [-0.25, -0.2) is 9.97 Å². The molecule has 7 nitrogen and oxygen atoms in total. The molecule has 0 unspecified atom stereocenters. The molecule has 4 N–H and O–H groups in total. The summed E-state index contributed by atoms with van der Waals surface area (Å²) in [6.45, 7) is 0.807. The Morgan fingerprint density at radius 1 is 1.42 bits per heavy atom. The molecule has 1 fully saturated rings. The van der Waals surface area contributed by atoms with Gasteiger partial charge in [0.2, 0.25) is 0 Å². The lowest BCUT2D eigenvalue weighted by Gasteiger charge is -2.26. The van der Waals surface area contributed by atoms with Crippen LogP contribution < -0.4 is 16.0 Å². The van der Waals surface area contributed by atoms with Crippen molar-refractivity contribution in [2.45, 2.75) is 31.3 Å². The Morgan fingerprint density at radius 2 is 2.33 bits per heavy atom. The van der Waals surface area contributed by atoms with E-state index in [1.165, 1.54) is 0 Å². The normalized spacial score (nSPS) is 24.2. The van der Waals surface area contributed by atoms with Crippen LogP contribution in [0.5, 0.6) is 0 Å². The van der Waals surface area contributed by atoms with Crippen LogP contribution in [-0.4, -0.2) is 45.2 Å². The second kappa shape index (κ2) is 6.45. The summed E-state index contributed by atoms with van der Waals surface area (Å²) in [5, 5.41) is 4.04. The Balaban J connectivity index is 1.56. The first-order chi connectivity index (χ1) is 11.7. The molecule has 2 atom stereocenters. The lowest BCUT2D eigenvalue weighted by Crippen LogP contribution is -2.44. The van der Waals surface area contributed by atoms with E-state index in [0.29, 0.717) is 4.91 Å². The zero-order chi connectivity index (χ0) is 16.5. The molecule has 1 aliphatic heterocycles. The summed E-state index contributed by atoms with van der Waals surface area (Å²) in [5.74, 6) is 1.63. The van der Waals surface area contributed by atoms with E-state index in [1.807, 2.05) is 23.4 Å². The molecule has 0 saturated heterocycles. The van der Waals surface area contributed by atoms with E-state index in [2.05, 4.69) is 20.3 Å². The third-order valence-corrected chi connectivity index (χ3v) is 5.57. The third kappa shape index (κ3) is 2.87. The number of hydrogen-bond donors (Lipinski definition) is 3. The molecule has 0 aromatic carbocycles. The minimum absolute atomic E-state index is 0.0357. The number of H-pyrrole nitrogens is 1. The Hall–Kier alpha value is -2.06. The number of rotatable bonds is 3. The number of nitrogens with zero attached hydrogens (tertiary/aromatic N) is 3. The smallest absolute Gasteiger partial charge is 0.259 e. The predicted octanol–water partition coefficient (Wildman–Crippen LogP) is 1.35. The van der Waals surface area contributed by atoms with Gasteiger partial charge in [-0.3, -0.25) is 4.79 Å². The number of aromatic nitrogens is 3. The number of hydrogen-bond acceptors (Lipinski definition) is 6. The van der Waals surface area contributed by atoms with Crippen molar-refractivity contribution in [3.8, 4) is 0 Å². The van der Waals surface area contributed by atoms with Crippen molar-refractivity contribution in [3.05, 3.63) is 29.7 Å². The minimum Gasteiger partial charge on any atom is -0.347 e. The molecule has 24 heavy (non-hydrogen) atoms. The maximum atomic E-state index is 12.6. The molecule has 2 aromatic heterocycles. The van der Waals surface area contributed by atoms with Crippen molar-refractivity contribution < 1.29 is 4.79 Å². The Kier molecular flexibility index (Phi) is 4.15. The molecular weight excluding hydrogens is 324 g/mol. The molecule has 1 saturated carbocycles. The van der Waals surface area contributed by atoms with E-state index in [9.17, 15) is 4.79 Å². The molecule has 8 heteroatoms. The van der Waals surface area contributed by atoms with E-state index in [-0.39, 0.29) is 18.0 Å². The van der Waals surface area contributed by atoms with Crippen LogP contribution in [0, 0.1) is 0 Å². The average Bonchev–Trinajstić information content (AvgIpc) is 3.24. The fourth-order valence-corrected chi connectivity index (χ4v) is 4.18. The first-order valence-corrected chi connectivity index (χ1v) is 9.17. The van der Waals surface area contributed by atoms with Crippen LogP contribution in [0.15, 0.2) is 29.7 Å². The van der Waals surface area contributed by atoms with Gasteiger partial charge in [-0.2, -0.15) is 0 Å². The molecule has 126 valence electrons. The second-order valence-electron chi connectivity index (χ2n) is 6.15. The van der Waals surface area contributed by atoms with E-state index in [0.717, 1.165) is 48.4 Å². The molecule has 0 bridgehead atoms. The van der Waals surface area contributed by atoms with Crippen LogP contribution in [-0.2, 0) is 4.79 Å². The summed E-state index contributed by atoms with van der Waals surface area (Å²) < 4.78 is 0. The van der Waals surface area contributed by atoms with E-state index in [4.69, 9.17) is 5.73 Å². The molecule has 1 amide bonds. The zero-order valence-electron chi connectivity index (χ0n) is 13.2. The van der Waals surface area contributed by atoms with E-state index in [1.54, 1.807) is 18.1 Å². The topological polar surface area (TPSA) is 99.9 Å². The van der Waals surface area contributed by atoms with Crippen molar-refractivity contribution in [1.29, 1.82) is 0 Å². The highest BCUT2D eigenvalue weighted by Crippen LogP contribution is 2.29. The molecule has 2 aromatic rings. The van der Waals surface area contributed by atoms with Gasteiger partial charge >= 0.3 is 0 Å². The minimum atomic E-state index is -0.0357. The van der Waals surface area contributed by atoms with Gasteiger partial charge in [0.15, 0.2) is 0 Å². The number of anilines is 1. The van der Waals surface area contributed by atoms with Crippen molar-refractivity contribution in [2.75, 3.05) is 17.2 Å². The van der Waals surface area contributed by atoms with Gasteiger partial charge < -0.3 is 20.9 Å². The number of thioether (sulfide) groups is 1. The van der Waals surface area contributed by atoms with E-state index < -0.39 is 0 Å². The van der Waals surface area contributed by atoms with Crippen LogP contribution in [0.4, 0.5) is 5.82 Å². The molecular formula is C16H20N6OS. The van der Waals surface area contributed by atoms with Crippen LogP contribution in [0.25, 0.3) is 11.0 Å². The van der Waals surface area contributed by atoms with Crippen molar-refractivity contribution >= 4 is 34.5 Å². The second-order valence-corrected chi connectivity index (χ2v) is 7.28. The molecule has 4 rings (SSSR count). The molecule has 3 heterocycles. The van der Waals surface area contributed by atoms with Gasteiger partial charge in [-0.05, 0) is 25.3 Å². The number of carbonyl (C=O) groups is 1. The zero-order valence-corrected chi connectivity index (χ0v) is 14.1. The number of aromatic amines is 1. The van der Waals surface area contributed by atoms with Gasteiger partial charge in [-0.15, -0.1) is 11.8 Å². The summed E-state index contributed by atoms with van der Waals surface area (Å²) in [6, 6.07) is 2.11. The molecule has 0 radical (unpaired) electrons. The van der Waals surface area contributed by atoms with Gasteiger partial charge in [0, 0.05) is 36.8 Å². The van der Waals surface area contributed by atoms with Gasteiger partial charge in [-0.1, -0.05) is 0 Å². The first-order valence-electron chi connectivity index (χ1n) is 8.18. The summed E-state index contributed by atoms with van der Waals surface area (Å²) in [5.41, 5.74) is 6.85. The summed E-state index contributed by atoms with van der Waals surface area (Å²) in [7, 11) is 0. The van der Waals surface area contributed by atoms with Crippen LogP contribution in [0.2, 0.25) is 0 Å². The fraction of sp³-hybridized carbons (Fsp3) is 0.438. The molecule has 2 aliphatic rings.